The van der Waals surface area contributed by atoms with E-state index in [1.165, 1.54) is 6.07 Å². The number of nitrogens with two attached hydrogens (primary N) is 1. The number of phenolic OH excluding ortho intramolecular Hbond substituents is 2. The summed E-state index contributed by atoms with van der Waals surface area (Å²) in [5.41, 5.74) is 6.93. The average molecular weight is 197 g/mol. The van der Waals surface area contributed by atoms with Crippen LogP contribution in [0.25, 0.3) is 0 Å². The Kier molecular flexibility index (Phi) is 3.33. The number of aromatic hydroxyl groups is 2. The zero-order valence-electron chi connectivity index (χ0n) is 8.07. The first-order chi connectivity index (χ1) is 6.56. The van der Waals surface area contributed by atoms with Crippen LogP contribution >= 0.6 is 0 Å². The molecular weight excluding hydrogens is 182 g/mol. The van der Waals surface area contributed by atoms with Gasteiger partial charge in [0, 0.05) is 24.3 Å². The van der Waals surface area contributed by atoms with E-state index >= 15 is 0 Å². The summed E-state index contributed by atoms with van der Waals surface area (Å²) >= 11 is 0. The molecule has 0 amide bonds. The summed E-state index contributed by atoms with van der Waals surface area (Å²) in [7, 11) is 0. The highest BCUT2D eigenvalue weighted by Crippen LogP contribution is 2.31. The maximum Gasteiger partial charge on any atom is 0.124 e. The quantitative estimate of drug-likeness (QED) is 0.577. The highest BCUT2D eigenvalue weighted by Gasteiger charge is 2.12. The Bertz CT molecular complexity index is 325. The molecule has 0 aliphatic heterocycles. The Morgan fingerprint density at radius 3 is 2.50 bits per heavy atom. The largest absolute Gasteiger partial charge is 0.508 e. The monoisotopic (exact) mass is 197 g/mol. The van der Waals surface area contributed by atoms with Gasteiger partial charge in [0.2, 0.25) is 0 Å². The summed E-state index contributed by atoms with van der Waals surface area (Å²) in [5.74, 6) is 0.0106. The van der Waals surface area contributed by atoms with Gasteiger partial charge in [-0.2, -0.15) is 0 Å². The van der Waals surface area contributed by atoms with Crippen molar-refractivity contribution in [3.8, 4) is 11.5 Å². The molecule has 1 aromatic rings. The number of hydrogen-bond acceptors (Lipinski definition) is 4. The van der Waals surface area contributed by atoms with Gasteiger partial charge in [0.05, 0.1) is 0 Å². The van der Waals surface area contributed by atoms with Crippen LogP contribution in [0.4, 0.5) is 0 Å². The summed E-state index contributed by atoms with van der Waals surface area (Å²) in [5, 5.41) is 27.5. The number of rotatable bonds is 3. The molecule has 0 bridgehead atoms. The van der Waals surface area contributed by atoms with Crippen molar-refractivity contribution in [2.24, 2.45) is 5.73 Å². The predicted octanol–water partition coefficient (Wildman–Crippen LogP) is 0.788. The van der Waals surface area contributed by atoms with Crippen molar-refractivity contribution in [3.05, 3.63) is 23.3 Å². The fraction of sp³-hybridized carbons (Fsp3) is 0.400. The molecule has 0 radical (unpaired) electrons. The van der Waals surface area contributed by atoms with Crippen LogP contribution in [0.3, 0.4) is 0 Å². The van der Waals surface area contributed by atoms with Crippen molar-refractivity contribution in [3.63, 3.8) is 0 Å². The van der Waals surface area contributed by atoms with E-state index in [9.17, 15) is 10.2 Å². The third-order valence-corrected chi connectivity index (χ3v) is 2.18. The highest BCUT2D eigenvalue weighted by atomic mass is 16.3. The standard InChI is InChI=1S/C10H15NO3/c1-6-4-7(8(11)2-3-12)10(14)5-9(6)13/h4-5,8,12-14H,2-3,11H2,1H3. The van der Waals surface area contributed by atoms with Crippen molar-refractivity contribution < 1.29 is 15.3 Å². The van der Waals surface area contributed by atoms with Crippen LogP contribution in [-0.4, -0.2) is 21.9 Å². The lowest BCUT2D eigenvalue weighted by Gasteiger charge is -2.13. The van der Waals surface area contributed by atoms with Gasteiger partial charge in [-0.15, -0.1) is 0 Å². The molecule has 5 N–H and O–H groups in total. The Hall–Kier alpha value is -1.26. The minimum absolute atomic E-state index is 0.0273. The second-order valence-corrected chi connectivity index (χ2v) is 3.32. The van der Waals surface area contributed by atoms with Crippen LogP contribution in [0.2, 0.25) is 0 Å². The second-order valence-electron chi connectivity index (χ2n) is 3.32. The summed E-state index contributed by atoms with van der Waals surface area (Å²) in [6, 6.07) is 2.49. The zero-order valence-corrected chi connectivity index (χ0v) is 8.07. The Labute approximate surface area is 82.6 Å². The van der Waals surface area contributed by atoms with Gasteiger partial charge in [-0.25, -0.2) is 0 Å². The van der Waals surface area contributed by atoms with E-state index in [1.54, 1.807) is 13.0 Å². The van der Waals surface area contributed by atoms with Crippen molar-refractivity contribution in [2.75, 3.05) is 6.61 Å². The molecule has 0 saturated carbocycles. The Morgan fingerprint density at radius 1 is 1.29 bits per heavy atom. The third kappa shape index (κ3) is 2.16. The molecule has 0 spiro atoms. The van der Waals surface area contributed by atoms with Gasteiger partial charge in [-0.05, 0) is 25.0 Å². The molecule has 0 aliphatic carbocycles. The van der Waals surface area contributed by atoms with E-state index in [-0.39, 0.29) is 18.1 Å². The lowest BCUT2D eigenvalue weighted by Crippen LogP contribution is -2.12. The second kappa shape index (κ2) is 4.30. The minimum atomic E-state index is -0.403. The number of hydrogen-bond donors (Lipinski definition) is 4. The summed E-state index contributed by atoms with van der Waals surface area (Å²) in [6.45, 7) is 1.70. The molecule has 4 heteroatoms. The molecule has 1 rings (SSSR count). The van der Waals surface area contributed by atoms with Crippen LogP contribution in [0.5, 0.6) is 11.5 Å². The number of benzene rings is 1. The summed E-state index contributed by atoms with van der Waals surface area (Å²) in [6.07, 6.45) is 0.387. The highest BCUT2D eigenvalue weighted by molar-refractivity contribution is 5.45. The SMILES string of the molecule is Cc1cc(C(N)CCO)c(O)cc1O. The van der Waals surface area contributed by atoms with Gasteiger partial charge in [-0.3, -0.25) is 0 Å². The van der Waals surface area contributed by atoms with E-state index in [0.29, 0.717) is 17.5 Å². The van der Waals surface area contributed by atoms with Crippen LogP contribution in [-0.2, 0) is 0 Å². The number of aliphatic hydroxyl groups excluding tert-OH is 1. The van der Waals surface area contributed by atoms with Gasteiger partial charge >= 0.3 is 0 Å². The van der Waals surface area contributed by atoms with Gasteiger partial charge < -0.3 is 21.1 Å². The average Bonchev–Trinajstić information content (AvgIpc) is 2.11. The van der Waals surface area contributed by atoms with Crippen molar-refractivity contribution >= 4 is 0 Å². The first kappa shape index (κ1) is 10.8. The van der Waals surface area contributed by atoms with Crippen LogP contribution in [0.1, 0.15) is 23.6 Å². The van der Waals surface area contributed by atoms with E-state index < -0.39 is 6.04 Å². The fourth-order valence-corrected chi connectivity index (χ4v) is 1.30. The van der Waals surface area contributed by atoms with Crippen molar-refractivity contribution in [1.82, 2.24) is 0 Å². The van der Waals surface area contributed by atoms with Crippen LogP contribution in [0.15, 0.2) is 12.1 Å². The Balaban J connectivity index is 3.02. The first-order valence-electron chi connectivity index (χ1n) is 4.45. The normalized spacial score (nSPS) is 12.8. The zero-order chi connectivity index (χ0) is 10.7. The van der Waals surface area contributed by atoms with Gasteiger partial charge in [0.15, 0.2) is 0 Å². The van der Waals surface area contributed by atoms with E-state index in [1.807, 2.05) is 0 Å². The molecule has 0 heterocycles. The smallest absolute Gasteiger partial charge is 0.124 e. The molecule has 0 aliphatic rings. The summed E-state index contributed by atoms with van der Waals surface area (Å²) < 4.78 is 0. The fourth-order valence-electron chi connectivity index (χ4n) is 1.30. The van der Waals surface area contributed by atoms with Crippen molar-refractivity contribution in [1.29, 1.82) is 0 Å². The molecule has 4 nitrogen and oxygen atoms in total. The third-order valence-electron chi connectivity index (χ3n) is 2.18. The predicted molar refractivity (Wildman–Crippen MR) is 53.1 cm³/mol. The van der Waals surface area contributed by atoms with E-state index in [0.717, 1.165) is 0 Å². The number of aryl methyl sites for hydroxylation is 1. The molecular formula is C10H15NO3. The lowest BCUT2D eigenvalue weighted by atomic mass is 10.0. The maximum atomic E-state index is 9.49. The van der Waals surface area contributed by atoms with Crippen molar-refractivity contribution in [2.45, 2.75) is 19.4 Å². The molecule has 0 fully saturated rings. The molecule has 78 valence electrons. The summed E-state index contributed by atoms with van der Waals surface area (Å²) in [4.78, 5) is 0. The molecule has 1 atom stereocenters. The van der Waals surface area contributed by atoms with Crippen LogP contribution in [0, 0.1) is 6.92 Å². The minimum Gasteiger partial charge on any atom is -0.508 e. The van der Waals surface area contributed by atoms with Gasteiger partial charge in [0.1, 0.15) is 11.5 Å². The number of phenols is 2. The Morgan fingerprint density at radius 2 is 1.93 bits per heavy atom. The molecule has 0 saturated heterocycles. The van der Waals surface area contributed by atoms with Gasteiger partial charge in [0.25, 0.3) is 0 Å². The maximum absolute atomic E-state index is 9.49. The van der Waals surface area contributed by atoms with Gasteiger partial charge in [-0.1, -0.05) is 0 Å². The van der Waals surface area contributed by atoms with E-state index in [2.05, 4.69) is 0 Å². The topological polar surface area (TPSA) is 86.7 Å². The molecule has 14 heavy (non-hydrogen) atoms. The number of aliphatic hydroxyl groups is 1. The molecule has 1 aromatic carbocycles. The molecule has 0 aromatic heterocycles. The lowest BCUT2D eigenvalue weighted by molar-refractivity contribution is 0.275. The first-order valence-corrected chi connectivity index (χ1v) is 4.45. The van der Waals surface area contributed by atoms with E-state index in [4.69, 9.17) is 10.8 Å². The molecule has 1 unspecified atom stereocenters. The van der Waals surface area contributed by atoms with Crippen LogP contribution < -0.4 is 5.73 Å².